The van der Waals surface area contributed by atoms with Gasteiger partial charge in [-0.1, -0.05) is 0 Å². The molecule has 226 valence electrons. The molecular weight excluding hydrogens is 611 g/mol. The van der Waals surface area contributed by atoms with E-state index in [0.717, 1.165) is 28.1 Å². The molecule has 7 N–H and O–H groups in total. The molecule has 42 heavy (non-hydrogen) atoms. The number of hydrogen-bond donors (Lipinski definition) is 6. The van der Waals surface area contributed by atoms with Crippen LogP contribution in [-0.4, -0.2) is 104 Å². The second-order valence-corrected chi connectivity index (χ2v) is 12.1. The zero-order valence-electron chi connectivity index (χ0n) is 20.9. The van der Waals surface area contributed by atoms with E-state index in [-0.39, 0.29) is 28.3 Å². The van der Waals surface area contributed by atoms with Crippen LogP contribution < -0.4 is 16.9 Å². The van der Waals surface area contributed by atoms with E-state index in [1.165, 1.54) is 0 Å². The number of H-pyrrole nitrogens is 2. The summed E-state index contributed by atoms with van der Waals surface area (Å²) in [6.45, 7) is -5.83. The summed E-state index contributed by atoms with van der Waals surface area (Å²) < 4.78 is 54.5. The first-order valence-corrected chi connectivity index (χ1v) is 14.7. The fourth-order valence-corrected chi connectivity index (χ4v) is 6.18. The van der Waals surface area contributed by atoms with Crippen LogP contribution in [0, 0.1) is 0 Å². The lowest BCUT2D eigenvalue weighted by Gasteiger charge is -2.26. The molecule has 22 heteroatoms. The van der Waals surface area contributed by atoms with Crippen LogP contribution in [0.25, 0.3) is 22.3 Å². The van der Waals surface area contributed by atoms with Crippen LogP contribution >= 0.6 is 6.72 Å². The molecule has 0 radical (unpaired) electrons. The van der Waals surface area contributed by atoms with Gasteiger partial charge in [0.1, 0.15) is 24.4 Å². The molecule has 0 spiro atoms. The second kappa shape index (κ2) is 10.8. The summed E-state index contributed by atoms with van der Waals surface area (Å²) in [6, 6.07) is 0. The number of anilines is 1. The lowest BCUT2D eigenvalue weighted by atomic mass is 10.1. The normalized spacial score (nSPS) is 31.3. The summed E-state index contributed by atoms with van der Waals surface area (Å²) in [5.41, 5.74) is 4.05. The minimum Gasteiger partial charge on any atom is -0.394 e. The van der Waals surface area contributed by atoms with E-state index < -0.39 is 80.3 Å². The van der Waals surface area contributed by atoms with Crippen molar-refractivity contribution in [3.63, 3.8) is 0 Å². The number of nitrogens with zero attached hydrogens (tertiary/aromatic N) is 6. The Kier molecular flexibility index (Phi) is 7.40. The lowest BCUT2D eigenvalue weighted by molar-refractivity contribution is -0.0553. The van der Waals surface area contributed by atoms with Crippen LogP contribution in [0.1, 0.15) is 12.5 Å². The highest BCUT2D eigenvalue weighted by molar-refractivity contribution is 8.07. The van der Waals surface area contributed by atoms with Crippen molar-refractivity contribution < 1.29 is 42.4 Å². The van der Waals surface area contributed by atoms with Crippen LogP contribution in [0.2, 0.25) is 0 Å². The Hall–Kier alpha value is -3.27. The molecule has 2 fully saturated rings. The SMILES string of the molecule is Nc1nc2c(ncn2[C@@H]2O[C@H](CO)[C@@H](F)[C@H]2OP(O)(=S)OC[C@H]2OC(n3cnc4c(=O)[nH]cnc43)[C@@H](F)[C@@H]2O)c(=O)[nH]1. The predicted molar refractivity (Wildman–Crippen MR) is 139 cm³/mol. The molecular formula is C20H22F2N9O9PS. The third-order valence-electron chi connectivity index (χ3n) is 6.76. The number of nitrogen functional groups attached to an aromatic ring is 1. The van der Waals surface area contributed by atoms with Gasteiger partial charge in [-0.15, -0.1) is 0 Å². The largest absolute Gasteiger partial charge is 0.394 e. The number of alkyl halides is 2. The Balaban J connectivity index is 1.19. The molecule has 4 aromatic heterocycles. The van der Waals surface area contributed by atoms with E-state index in [1.807, 2.05) is 0 Å². The number of imidazole rings is 2. The molecule has 2 saturated heterocycles. The minimum absolute atomic E-state index is 0.000684. The first kappa shape index (κ1) is 28.8. The molecule has 18 nitrogen and oxygen atoms in total. The smallest absolute Gasteiger partial charge is 0.325 e. The van der Waals surface area contributed by atoms with E-state index >= 15 is 8.78 Å². The Morgan fingerprint density at radius 1 is 1.05 bits per heavy atom. The number of hydrogen-bond acceptors (Lipinski definition) is 14. The van der Waals surface area contributed by atoms with Crippen molar-refractivity contribution in [3.8, 4) is 0 Å². The Labute approximate surface area is 236 Å². The maximum Gasteiger partial charge on any atom is 0.325 e. The van der Waals surface area contributed by atoms with Crippen molar-refractivity contribution in [3.05, 3.63) is 39.7 Å². The number of halogens is 2. The van der Waals surface area contributed by atoms with E-state index in [4.69, 9.17) is 36.1 Å². The number of aromatic amines is 2. The van der Waals surface area contributed by atoms with E-state index in [1.54, 1.807) is 0 Å². The number of nitrogens with one attached hydrogen (secondary N) is 2. The summed E-state index contributed by atoms with van der Waals surface area (Å²) in [4.78, 5) is 55.2. The molecule has 0 aliphatic carbocycles. The maximum absolute atomic E-state index is 15.3. The van der Waals surface area contributed by atoms with Gasteiger partial charge in [0.25, 0.3) is 11.1 Å². The first-order valence-electron chi connectivity index (χ1n) is 12.2. The van der Waals surface area contributed by atoms with Crippen molar-refractivity contribution in [2.24, 2.45) is 0 Å². The summed E-state index contributed by atoms with van der Waals surface area (Å²) in [7, 11) is 0. The average molecular weight is 633 g/mol. The van der Waals surface area contributed by atoms with Crippen molar-refractivity contribution >= 4 is 46.8 Å². The number of nitrogens with two attached hydrogens (primary N) is 1. The topological polar surface area (TPSA) is 251 Å². The third kappa shape index (κ3) is 4.91. The highest BCUT2D eigenvalue weighted by Gasteiger charge is 2.51. The zero-order chi connectivity index (χ0) is 29.9. The number of aliphatic hydroxyl groups is 2. The minimum atomic E-state index is -4.36. The van der Waals surface area contributed by atoms with Gasteiger partial charge in [-0.3, -0.25) is 28.2 Å². The highest BCUT2D eigenvalue weighted by Crippen LogP contribution is 2.51. The highest BCUT2D eigenvalue weighted by atomic mass is 32.5. The van der Waals surface area contributed by atoms with Crippen molar-refractivity contribution in [1.82, 2.24) is 39.0 Å². The van der Waals surface area contributed by atoms with E-state index in [2.05, 4.69) is 29.9 Å². The Bertz CT molecular complexity index is 1800. The number of fused-ring (bicyclic) bond motifs is 2. The van der Waals surface area contributed by atoms with Gasteiger partial charge in [0.2, 0.25) is 5.95 Å². The fraction of sp³-hybridized carbons (Fsp3) is 0.500. The molecule has 9 atom stereocenters. The molecule has 2 aliphatic heterocycles. The Morgan fingerprint density at radius 3 is 2.43 bits per heavy atom. The number of rotatable bonds is 8. The van der Waals surface area contributed by atoms with Gasteiger partial charge < -0.3 is 39.8 Å². The summed E-state index contributed by atoms with van der Waals surface area (Å²) in [6.07, 6.45) is -9.94. The van der Waals surface area contributed by atoms with Crippen molar-refractivity contribution in [2.75, 3.05) is 18.9 Å². The molecule has 0 amide bonds. The zero-order valence-corrected chi connectivity index (χ0v) is 22.6. The molecule has 6 heterocycles. The molecule has 0 saturated carbocycles. The molecule has 2 unspecified atom stereocenters. The summed E-state index contributed by atoms with van der Waals surface area (Å²) in [5.74, 6) is -0.262. The monoisotopic (exact) mass is 633 g/mol. The molecule has 6 rings (SSSR count). The third-order valence-corrected chi connectivity index (χ3v) is 8.32. The van der Waals surface area contributed by atoms with Crippen molar-refractivity contribution in [2.45, 2.75) is 49.2 Å². The first-order chi connectivity index (χ1) is 20.0. The number of ether oxygens (including phenoxy) is 2. The fourth-order valence-electron chi connectivity index (χ4n) is 4.77. The van der Waals surface area contributed by atoms with Crippen LogP contribution in [0.4, 0.5) is 14.7 Å². The van der Waals surface area contributed by atoms with Crippen LogP contribution in [0.5, 0.6) is 0 Å². The molecule has 0 bridgehead atoms. The number of aromatic nitrogens is 8. The van der Waals surface area contributed by atoms with Gasteiger partial charge in [0, 0.05) is 0 Å². The van der Waals surface area contributed by atoms with Crippen LogP contribution in [0.3, 0.4) is 0 Å². The lowest BCUT2D eigenvalue weighted by Crippen LogP contribution is -2.33. The summed E-state index contributed by atoms with van der Waals surface area (Å²) in [5, 5.41) is 20.0. The maximum atomic E-state index is 15.3. The van der Waals surface area contributed by atoms with Gasteiger partial charge in [-0.2, -0.15) is 4.98 Å². The van der Waals surface area contributed by atoms with Gasteiger partial charge in [-0.25, -0.2) is 23.7 Å². The predicted octanol–water partition coefficient (Wildman–Crippen LogP) is -1.72. The van der Waals surface area contributed by atoms with E-state index in [0.29, 0.717) is 0 Å². The van der Waals surface area contributed by atoms with Crippen LogP contribution in [0.15, 0.2) is 28.6 Å². The van der Waals surface area contributed by atoms with Gasteiger partial charge in [0.05, 0.1) is 32.2 Å². The molecule has 2 aliphatic rings. The van der Waals surface area contributed by atoms with Crippen LogP contribution in [-0.2, 0) is 30.3 Å². The average Bonchev–Trinajstić information content (AvgIpc) is 3.69. The van der Waals surface area contributed by atoms with Gasteiger partial charge >= 0.3 is 6.72 Å². The molecule has 0 aromatic carbocycles. The molecule has 4 aromatic rings. The number of aliphatic hydroxyl groups excluding tert-OH is 2. The second-order valence-electron chi connectivity index (χ2n) is 9.36. The summed E-state index contributed by atoms with van der Waals surface area (Å²) >= 11 is 5.04. The van der Waals surface area contributed by atoms with E-state index in [9.17, 15) is 24.7 Å². The Morgan fingerprint density at radius 2 is 1.71 bits per heavy atom. The van der Waals surface area contributed by atoms with Gasteiger partial charge in [-0.05, 0) is 11.8 Å². The quantitative estimate of drug-likeness (QED) is 0.118. The van der Waals surface area contributed by atoms with Gasteiger partial charge in [0.15, 0.2) is 47.1 Å². The van der Waals surface area contributed by atoms with Crippen molar-refractivity contribution in [1.29, 1.82) is 0 Å². The standard InChI is InChI=1S/C20H22F2N9O9PS/c21-8-6(1-32)38-19(31-5-27-11-15(31)28-20(23)29-17(11)35)13(8)40-41(36,42)37-2-7-12(33)9(22)18(39-7)30-4-26-10-14(30)24-3-25-16(10)34/h3-9,12-13,18-19,32-33H,1-2H2,(H,36,42)(H,24,25,34)(H3,23,28,29,35)/t6-,7-,8-,9+,12-,13-,18?,19-,41?/m1/s1.